The van der Waals surface area contributed by atoms with Crippen molar-refractivity contribution < 1.29 is 14.3 Å². The highest BCUT2D eigenvalue weighted by Gasteiger charge is 2.08. The van der Waals surface area contributed by atoms with Crippen molar-refractivity contribution in [3.63, 3.8) is 0 Å². The lowest BCUT2D eigenvalue weighted by Gasteiger charge is -1.98. The van der Waals surface area contributed by atoms with E-state index in [1.54, 1.807) is 6.07 Å². The fourth-order valence-corrected chi connectivity index (χ4v) is 0.457. The van der Waals surface area contributed by atoms with Gasteiger partial charge in [-0.25, -0.2) is 9.59 Å². The number of amides is 2. The summed E-state index contributed by atoms with van der Waals surface area (Å²) in [6.07, 6.45) is 0.977. The first-order valence-corrected chi connectivity index (χ1v) is 3.32. The Morgan fingerprint density at radius 1 is 1.54 bits per heavy atom. The summed E-state index contributed by atoms with van der Waals surface area (Å²) < 4.78 is 4.27. The number of nitrogens with zero attached hydrogens (tertiary/aromatic N) is 1. The highest BCUT2D eigenvalue weighted by molar-refractivity contribution is 5.93. The van der Waals surface area contributed by atoms with E-state index in [1.165, 1.54) is 7.05 Å². The summed E-state index contributed by atoms with van der Waals surface area (Å²) in [6.45, 7) is 0. The maximum Gasteiger partial charge on any atom is 0.350 e. The van der Waals surface area contributed by atoms with Crippen LogP contribution >= 0.6 is 0 Å². The molecule has 0 aromatic heterocycles. The molecule has 0 fully saturated rings. The molecule has 70 valence electrons. The largest absolute Gasteiger partial charge is 0.465 e. The zero-order valence-electron chi connectivity index (χ0n) is 7.25. The van der Waals surface area contributed by atoms with Gasteiger partial charge in [-0.05, 0) is 0 Å². The monoisotopic (exact) mass is 183 g/mol. The van der Waals surface area contributed by atoms with Crippen LogP contribution in [0.4, 0.5) is 4.79 Å². The molecule has 6 heteroatoms. The molecule has 0 aliphatic carbocycles. The van der Waals surface area contributed by atoms with Gasteiger partial charge in [-0.1, -0.05) is 0 Å². The van der Waals surface area contributed by atoms with Crippen molar-refractivity contribution in [1.29, 1.82) is 5.26 Å². The Balaban J connectivity index is 4.34. The van der Waals surface area contributed by atoms with Gasteiger partial charge >= 0.3 is 12.0 Å². The number of urea groups is 1. The number of carbonyl (C=O) groups excluding carboxylic acids is 2. The fraction of sp³-hybridized carbons (Fsp3) is 0.286. The molecule has 0 heterocycles. The first-order chi connectivity index (χ1) is 6.15. The number of methoxy groups -OCH3 is 1. The van der Waals surface area contributed by atoms with Gasteiger partial charge < -0.3 is 15.4 Å². The molecular weight excluding hydrogens is 174 g/mol. The quantitative estimate of drug-likeness (QED) is 0.343. The third kappa shape index (κ3) is 3.76. The summed E-state index contributed by atoms with van der Waals surface area (Å²) in [5.74, 6) is -0.793. The van der Waals surface area contributed by atoms with Crippen molar-refractivity contribution >= 4 is 12.0 Å². The normalized spacial score (nSPS) is 9.77. The minimum absolute atomic E-state index is 0.272. The number of nitriles is 1. The molecule has 0 saturated heterocycles. The topological polar surface area (TPSA) is 91.2 Å². The van der Waals surface area contributed by atoms with Crippen LogP contribution in [0.15, 0.2) is 11.8 Å². The molecule has 0 rings (SSSR count). The highest BCUT2D eigenvalue weighted by atomic mass is 16.5. The summed E-state index contributed by atoms with van der Waals surface area (Å²) in [4.78, 5) is 21.4. The van der Waals surface area contributed by atoms with E-state index in [2.05, 4.69) is 15.4 Å². The lowest BCUT2D eigenvalue weighted by atomic mass is 10.3. The predicted molar refractivity (Wildman–Crippen MR) is 43.3 cm³/mol. The standard InChI is InChI=1S/C7H9N3O3/c1-9-7(12)10-4-5(3-8)6(11)13-2/h4H,1-2H3,(H2,9,10,12)/b5-4+. The smallest absolute Gasteiger partial charge is 0.350 e. The van der Waals surface area contributed by atoms with E-state index in [1.807, 2.05) is 0 Å². The van der Waals surface area contributed by atoms with Gasteiger partial charge in [0.05, 0.1) is 7.11 Å². The van der Waals surface area contributed by atoms with Gasteiger partial charge in [0.15, 0.2) is 5.57 Å². The Bertz CT molecular complexity index is 277. The van der Waals surface area contributed by atoms with Gasteiger partial charge in [-0.3, -0.25) is 0 Å². The van der Waals surface area contributed by atoms with E-state index in [9.17, 15) is 9.59 Å². The molecule has 13 heavy (non-hydrogen) atoms. The molecule has 6 nitrogen and oxygen atoms in total. The highest BCUT2D eigenvalue weighted by Crippen LogP contribution is 1.92. The van der Waals surface area contributed by atoms with Crippen LogP contribution in [0.3, 0.4) is 0 Å². The van der Waals surface area contributed by atoms with Crippen molar-refractivity contribution in [2.75, 3.05) is 14.2 Å². The summed E-state index contributed by atoms with van der Waals surface area (Å²) in [6, 6.07) is 1.06. The minimum atomic E-state index is -0.793. The van der Waals surface area contributed by atoms with E-state index in [0.29, 0.717) is 0 Å². The van der Waals surface area contributed by atoms with E-state index in [0.717, 1.165) is 13.3 Å². The number of nitrogens with one attached hydrogen (secondary N) is 2. The number of carbonyl (C=O) groups is 2. The first-order valence-electron chi connectivity index (χ1n) is 3.32. The van der Waals surface area contributed by atoms with Gasteiger partial charge in [0.2, 0.25) is 0 Å². The fourth-order valence-electron chi connectivity index (χ4n) is 0.457. The van der Waals surface area contributed by atoms with Crippen LogP contribution in [0.25, 0.3) is 0 Å². The Morgan fingerprint density at radius 3 is 2.54 bits per heavy atom. The van der Waals surface area contributed by atoms with Crippen LogP contribution < -0.4 is 10.6 Å². The molecule has 0 unspecified atom stereocenters. The van der Waals surface area contributed by atoms with Gasteiger partial charge in [0.25, 0.3) is 0 Å². The predicted octanol–water partition coefficient (Wildman–Crippen LogP) is -0.504. The molecule has 0 spiro atoms. The molecule has 0 bridgehead atoms. The van der Waals surface area contributed by atoms with Crippen molar-refractivity contribution in [2.24, 2.45) is 0 Å². The van der Waals surface area contributed by atoms with Crippen LogP contribution in [0.2, 0.25) is 0 Å². The minimum Gasteiger partial charge on any atom is -0.465 e. The Labute approximate surface area is 75.2 Å². The Hall–Kier alpha value is -2.03. The Morgan fingerprint density at radius 2 is 2.15 bits per heavy atom. The average molecular weight is 183 g/mol. The number of esters is 1. The van der Waals surface area contributed by atoms with Crippen molar-refractivity contribution in [1.82, 2.24) is 10.6 Å². The van der Waals surface area contributed by atoms with Crippen LogP contribution in [0.1, 0.15) is 0 Å². The summed E-state index contributed by atoms with van der Waals surface area (Å²) in [7, 11) is 2.56. The molecule has 2 N–H and O–H groups in total. The van der Waals surface area contributed by atoms with Gasteiger partial charge in [-0.2, -0.15) is 5.26 Å². The van der Waals surface area contributed by atoms with E-state index in [-0.39, 0.29) is 5.57 Å². The molecule has 0 atom stereocenters. The van der Waals surface area contributed by atoms with Crippen LogP contribution in [-0.4, -0.2) is 26.2 Å². The first kappa shape index (κ1) is 11.0. The van der Waals surface area contributed by atoms with Crippen LogP contribution in [0, 0.1) is 11.3 Å². The summed E-state index contributed by atoms with van der Waals surface area (Å²) in [5, 5.41) is 12.8. The number of rotatable bonds is 2. The zero-order valence-corrected chi connectivity index (χ0v) is 7.25. The second-order valence-corrected chi connectivity index (χ2v) is 1.88. The zero-order chi connectivity index (χ0) is 10.3. The number of hydrogen-bond donors (Lipinski definition) is 2. The van der Waals surface area contributed by atoms with Crippen molar-refractivity contribution in [3.05, 3.63) is 11.8 Å². The maximum absolute atomic E-state index is 10.8. The maximum atomic E-state index is 10.8. The average Bonchev–Trinajstić information content (AvgIpc) is 2.17. The number of hydrogen-bond acceptors (Lipinski definition) is 4. The molecular formula is C7H9N3O3. The third-order valence-electron chi connectivity index (χ3n) is 1.10. The molecule has 0 saturated carbocycles. The molecule has 0 aliphatic rings. The van der Waals surface area contributed by atoms with Crippen molar-refractivity contribution in [3.8, 4) is 6.07 Å². The SMILES string of the molecule is CNC(=O)N/C=C(\C#N)C(=O)OC. The third-order valence-corrected chi connectivity index (χ3v) is 1.10. The second kappa shape index (κ2) is 5.60. The summed E-state index contributed by atoms with van der Waals surface area (Å²) in [5.41, 5.74) is -0.272. The molecule has 0 radical (unpaired) electrons. The van der Waals surface area contributed by atoms with E-state index in [4.69, 9.17) is 5.26 Å². The Kier molecular flexibility index (Phi) is 4.72. The molecule has 0 aromatic carbocycles. The van der Waals surface area contributed by atoms with Gasteiger partial charge in [-0.15, -0.1) is 0 Å². The van der Waals surface area contributed by atoms with Crippen LogP contribution in [-0.2, 0) is 9.53 Å². The molecule has 0 aromatic rings. The van der Waals surface area contributed by atoms with Crippen LogP contribution in [0.5, 0.6) is 0 Å². The molecule has 0 aliphatic heterocycles. The van der Waals surface area contributed by atoms with Gasteiger partial charge in [0, 0.05) is 13.2 Å². The lowest BCUT2D eigenvalue weighted by Crippen LogP contribution is -2.29. The summed E-state index contributed by atoms with van der Waals surface area (Å²) >= 11 is 0. The van der Waals surface area contributed by atoms with E-state index < -0.39 is 12.0 Å². The second-order valence-electron chi connectivity index (χ2n) is 1.88. The van der Waals surface area contributed by atoms with E-state index >= 15 is 0 Å². The van der Waals surface area contributed by atoms with Gasteiger partial charge in [0.1, 0.15) is 6.07 Å². The molecule has 2 amide bonds. The number of ether oxygens (including phenoxy) is 1. The lowest BCUT2D eigenvalue weighted by molar-refractivity contribution is -0.135. The van der Waals surface area contributed by atoms with Crippen molar-refractivity contribution in [2.45, 2.75) is 0 Å².